The fourth-order valence-corrected chi connectivity index (χ4v) is 4.36. The molecule has 1 atom stereocenters. The first-order valence-corrected chi connectivity index (χ1v) is 11.7. The van der Waals surface area contributed by atoms with Crippen molar-refractivity contribution in [3.63, 3.8) is 0 Å². The number of carbonyl (C=O) groups excluding carboxylic acids is 1. The Morgan fingerprint density at radius 1 is 1.05 bits per heavy atom. The summed E-state index contributed by atoms with van der Waals surface area (Å²) < 4.78 is 12.3. The number of carbonyl (C=O) groups is 1. The van der Waals surface area contributed by atoms with E-state index in [-0.39, 0.29) is 17.4 Å². The molecule has 0 bridgehead atoms. The van der Waals surface area contributed by atoms with Gasteiger partial charge >= 0.3 is 0 Å². The van der Waals surface area contributed by atoms with Gasteiger partial charge in [-0.2, -0.15) is 4.98 Å². The molecule has 1 aliphatic rings. The summed E-state index contributed by atoms with van der Waals surface area (Å²) in [6, 6.07) is 19.9. The minimum atomic E-state index is -0.646. The van der Waals surface area contributed by atoms with Crippen LogP contribution in [0.15, 0.2) is 84.1 Å². The predicted molar refractivity (Wildman–Crippen MR) is 141 cm³/mol. The van der Waals surface area contributed by atoms with Crippen LogP contribution >= 0.6 is 0 Å². The number of nitro benzene ring substituents is 1. The molecule has 2 heterocycles. The molecule has 2 N–H and O–H groups in total. The topological polar surface area (TPSA) is 133 Å². The normalized spacial score (nSPS) is 14.3. The van der Waals surface area contributed by atoms with Crippen LogP contribution in [0.1, 0.15) is 18.5 Å². The fraction of sp³-hybridized carbons (Fsp3) is 0.148. The maximum absolute atomic E-state index is 13.7. The molecule has 0 radical (unpaired) electrons. The van der Waals surface area contributed by atoms with Crippen molar-refractivity contribution in [3.05, 3.63) is 99.7 Å². The number of nitrogens with zero attached hydrogens (tertiary/aromatic N) is 4. The van der Waals surface area contributed by atoms with Crippen molar-refractivity contribution < 1.29 is 19.2 Å². The van der Waals surface area contributed by atoms with E-state index in [1.807, 2.05) is 18.2 Å². The number of benzene rings is 3. The van der Waals surface area contributed by atoms with Gasteiger partial charge in [0.05, 0.1) is 30.4 Å². The van der Waals surface area contributed by atoms with Crippen molar-refractivity contribution in [3.8, 4) is 22.9 Å². The summed E-state index contributed by atoms with van der Waals surface area (Å²) in [4.78, 5) is 29.2. The van der Waals surface area contributed by atoms with E-state index in [4.69, 9.17) is 9.47 Å². The molecule has 0 saturated carbocycles. The minimum absolute atomic E-state index is 0.0684. The lowest BCUT2D eigenvalue weighted by molar-refractivity contribution is -0.384. The van der Waals surface area contributed by atoms with Crippen molar-refractivity contribution >= 4 is 23.2 Å². The van der Waals surface area contributed by atoms with Gasteiger partial charge in [0.1, 0.15) is 17.5 Å². The van der Waals surface area contributed by atoms with Gasteiger partial charge in [0.2, 0.25) is 5.95 Å². The van der Waals surface area contributed by atoms with Crippen LogP contribution in [-0.4, -0.2) is 39.8 Å². The van der Waals surface area contributed by atoms with Crippen LogP contribution in [-0.2, 0) is 4.79 Å². The number of rotatable bonds is 7. The first-order valence-electron chi connectivity index (χ1n) is 11.7. The Labute approximate surface area is 217 Å². The molecule has 4 aromatic rings. The summed E-state index contributed by atoms with van der Waals surface area (Å²) >= 11 is 0. The highest BCUT2D eigenvalue weighted by Crippen LogP contribution is 2.38. The predicted octanol–water partition coefficient (Wildman–Crippen LogP) is 4.80. The minimum Gasteiger partial charge on any atom is -0.497 e. The Balaban J connectivity index is 1.60. The molecule has 38 heavy (non-hydrogen) atoms. The van der Waals surface area contributed by atoms with Gasteiger partial charge in [0.15, 0.2) is 5.82 Å². The molecular formula is C27H24N6O5. The molecule has 1 unspecified atom stereocenters. The van der Waals surface area contributed by atoms with Gasteiger partial charge in [0.25, 0.3) is 11.6 Å². The van der Waals surface area contributed by atoms with Gasteiger partial charge in [-0.05, 0) is 36.8 Å². The van der Waals surface area contributed by atoms with Crippen LogP contribution in [0.2, 0.25) is 0 Å². The first-order chi connectivity index (χ1) is 18.4. The molecular weight excluding hydrogens is 488 g/mol. The number of fused-ring (bicyclic) bond motifs is 1. The molecule has 5 rings (SSSR count). The number of nitrogens with one attached hydrogen (secondary N) is 2. The van der Waals surface area contributed by atoms with Crippen LogP contribution < -0.4 is 20.1 Å². The SMILES string of the molecule is COc1ccc(C2C(C(=O)Nc3ccccc3OC)=C(C)Nc3nc(-c4cccc([N+](=O)[O-])c4)nn32)cc1. The Hall–Kier alpha value is -5.19. The average molecular weight is 513 g/mol. The Morgan fingerprint density at radius 3 is 2.53 bits per heavy atom. The molecule has 0 saturated heterocycles. The third-order valence-electron chi connectivity index (χ3n) is 6.20. The number of para-hydroxylation sites is 2. The zero-order chi connectivity index (χ0) is 26.8. The third-order valence-corrected chi connectivity index (χ3v) is 6.20. The molecule has 11 heteroatoms. The second kappa shape index (κ2) is 10.1. The second-order valence-electron chi connectivity index (χ2n) is 8.50. The number of anilines is 2. The fourth-order valence-electron chi connectivity index (χ4n) is 4.36. The van der Waals surface area contributed by atoms with Crippen LogP contribution in [0.25, 0.3) is 11.4 Å². The van der Waals surface area contributed by atoms with E-state index in [0.717, 1.165) is 5.56 Å². The molecule has 1 aromatic heterocycles. The largest absolute Gasteiger partial charge is 0.497 e. The summed E-state index contributed by atoms with van der Waals surface area (Å²) in [7, 11) is 3.12. The highest BCUT2D eigenvalue weighted by molar-refractivity contribution is 6.06. The van der Waals surface area contributed by atoms with Crippen LogP contribution in [0, 0.1) is 10.1 Å². The summed E-state index contributed by atoms with van der Waals surface area (Å²) in [5.41, 5.74) is 2.71. The number of hydrogen-bond donors (Lipinski definition) is 2. The number of allylic oxidation sites excluding steroid dienone is 1. The lowest BCUT2D eigenvalue weighted by atomic mass is 9.95. The molecule has 1 aliphatic heterocycles. The monoisotopic (exact) mass is 512 g/mol. The molecule has 3 aromatic carbocycles. The standard InChI is InChI=1S/C27H24N6O5/c1-16-23(26(34)29-21-9-4-5-10-22(21)38-3)24(17-11-13-20(37-2)14-12-17)32-27(28-16)30-25(31-32)18-7-6-8-19(15-18)33(35)36/h4-15,24H,1-3H3,(H,29,34)(H,28,30,31). The van der Waals surface area contributed by atoms with Gasteiger partial charge in [-0.25, -0.2) is 4.68 Å². The summed E-state index contributed by atoms with van der Waals surface area (Å²) in [5, 5.41) is 22.1. The van der Waals surface area contributed by atoms with E-state index in [1.54, 1.807) is 61.2 Å². The van der Waals surface area contributed by atoms with Gasteiger partial charge < -0.3 is 20.1 Å². The zero-order valence-electron chi connectivity index (χ0n) is 20.8. The number of ether oxygens (including phenoxy) is 2. The zero-order valence-corrected chi connectivity index (χ0v) is 20.8. The molecule has 0 fully saturated rings. The maximum atomic E-state index is 13.7. The maximum Gasteiger partial charge on any atom is 0.270 e. The average Bonchev–Trinajstić information content (AvgIpc) is 3.36. The quantitative estimate of drug-likeness (QED) is 0.267. The van der Waals surface area contributed by atoms with E-state index in [2.05, 4.69) is 20.7 Å². The number of nitro groups is 1. The summed E-state index contributed by atoms with van der Waals surface area (Å²) in [6.07, 6.45) is 0. The smallest absolute Gasteiger partial charge is 0.270 e. The van der Waals surface area contributed by atoms with Gasteiger partial charge in [-0.15, -0.1) is 5.10 Å². The lowest BCUT2D eigenvalue weighted by Crippen LogP contribution is -2.31. The van der Waals surface area contributed by atoms with Crippen molar-refractivity contribution in [2.24, 2.45) is 0 Å². The van der Waals surface area contributed by atoms with E-state index in [9.17, 15) is 14.9 Å². The highest BCUT2D eigenvalue weighted by Gasteiger charge is 2.35. The summed E-state index contributed by atoms with van der Waals surface area (Å²) in [6.45, 7) is 1.79. The van der Waals surface area contributed by atoms with Crippen molar-refractivity contribution in [2.75, 3.05) is 24.9 Å². The van der Waals surface area contributed by atoms with E-state index >= 15 is 0 Å². The van der Waals surface area contributed by atoms with Gasteiger partial charge in [0, 0.05) is 23.4 Å². The lowest BCUT2D eigenvalue weighted by Gasteiger charge is -2.29. The van der Waals surface area contributed by atoms with Crippen LogP contribution in [0.3, 0.4) is 0 Å². The van der Waals surface area contributed by atoms with Crippen molar-refractivity contribution in [2.45, 2.75) is 13.0 Å². The number of hydrogen-bond acceptors (Lipinski definition) is 8. The Kier molecular flexibility index (Phi) is 6.48. The molecule has 192 valence electrons. The third kappa shape index (κ3) is 4.52. The molecule has 0 spiro atoms. The van der Waals surface area contributed by atoms with E-state index in [1.165, 1.54) is 19.2 Å². The number of non-ortho nitro benzene ring substituents is 1. The molecule has 0 aliphatic carbocycles. The number of amides is 1. The molecule has 11 nitrogen and oxygen atoms in total. The van der Waals surface area contributed by atoms with Crippen LogP contribution in [0.5, 0.6) is 11.5 Å². The molecule has 1 amide bonds. The number of aromatic nitrogens is 3. The second-order valence-corrected chi connectivity index (χ2v) is 8.50. The highest BCUT2D eigenvalue weighted by atomic mass is 16.6. The summed E-state index contributed by atoms with van der Waals surface area (Å²) in [5.74, 6) is 1.53. The van der Waals surface area contributed by atoms with Gasteiger partial charge in [-0.3, -0.25) is 14.9 Å². The van der Waals surface area contributed by atoms with Crippen LogP contribution in [0.4, 0.5) is 17.3 Å². The Morgan fingerprint density at radius 2 is 1.82 bits per heavy atom. The van der Waals surface area contributed by atoms with E-state index < -0.39 is 11.0 Å². The van der Waals surface area contributed by atoms with Gasteiger partial charge in [-0.1, -0.05) is 36.4 Å². The first kappa shape index (κ1) is 24.5. The van der Waals surface area contributed by atoms with E-state index in [0.29, 0.717) is 40.0 Å². The Bertz CT molecular complexity index is 1560. The van der Waals surface area contributed by atoms with Crippen molar-refractivity contribution in [1.82, 2.24) is 14.8 Å². The number of methoxy groups -OCH3 is 2. The van der Waals surface area contributed by atoms with Crippen molar-refractivity contribution in [1.29, 1.82) is 0 Å².